The van der Waals surface area contributed by atoms with Gasteiger partial charge in [0.2, 0.25) is 5.95 Å². The normalized spacial score (nSPS) is 15.8. The van der Waals surface area contributed by atoms with Gasteiger partial charge in [0.15, 0.2) is 0 Å². The van der Waals surface area contributed by atoms with Gasteiger partial charge in [0.05, 0.1) is 0 Å². The average Bonchev–Trinajstić information content (AvgIpc) is 2.56. The van der Waals surface area contributed by atoms with Crippen molar-refractivity contribution in [3.63, 3.8) is 0 Å². The van der Waals surface area contributed by atoms with E-state index < -0.39 is 0 Å². The van der Waals surface area contributed by atoms with Crippen molar-refractivity contribution < 1.29 is 0 Å². The Morgan fingerprint density at radius 3 is 2.50 bits per heavy atom. The lowest BCUT2D eigenvalue weighted by Crippen LogP contribution is -2.35. The van der Waals surface area contributed by atoms with Crippen LogP contribution in [-0.2, 0) is 6.42 Å². The van der Waals surface area contributed by atoms with Crippen LogP contribution in [0.25, 0.3) is 0 Å². The Bertz CT molecular complexity index is 593. The number of anilines is 2. The molecule has 1 aliphatic heterocycles. The van der Waals surface area contributed by atoms with E-state index in [1.54, 1.807) is 18.7 Å². The summed E-state index contributed by atoms with van der Waals surface area (Å²) in [4.78, 5) is 21.6. The summed E-state index contributed by atoms with van der Waals surface area (Å²) in [6, 6.07) is 3.94. The second kappa shape index (κ2) is 6.68. The third-order valence-corrected chi connectivity index (χ3v) is 4.11. The van der Waals surface area contributed by atoms with E-state index in [2.05, 4.69) is 30.9 Å². The van der Waals surface area contributed by atoms with Crippen LogP contribution in [0.5, 0.6) is 0 Å². The first-order valence-corrected chi connectivity index (χ1v) is 7.72. The molecule has 2 aromatic heterocycles. The van der Waals surface area contributed by atoms with Crippen molar-refractivity contribution in [2.75, 3.05) is 37.0 Å². The molecule has 0 radical (unpaired) electrons. The Morgan fingerprint density at radius 2 is 1.82 bits per heavy atom. The summed E-state index contributed by atoms with van der Waals surface area (Å²) < 4.78 is 0. The Kier molecular flexibility index (Phi) is 4.46. The first-order chi connectivity index (χ1) is 10.7. The summed E-state index contributed by atoms with van der Waals surface area (Å²) >= 11 is 0. The van der Waals surface area contributed by atoms with Crippen LogP contribution in [0.15, 0.2) is 30.9 Å². The fourth-order valence-corrected chi connectivity index (χ4v) is 2.83. The van der Waals surface area contributed by atoms with Crippen molar-refractivity contribution in [2.45, 2.75) is 19.3 Å². The molecule has 3 rings (SSSR count). The van der Waals surface area contributed by atoms with E-state index in [0.29, 0.717) is 5.92 Å². The molecule has 0 aliphatic carbocycles. The van der Waals surface area contributed by atoms with Crippen LogP contribution < -0.4 is 9.80 Å². The summed E-state index contributed by atoms with van der Waals surface area (Å²) in [6.45, 7) is 2.03. The maximum absolute atomic E-state index is 4.42. The van der Waals surface area contributed by atoms with Crippen LogP contribution in [0.2, 0.25) is 0 Å². The fourth-order valence-electron chi connectivity index (χ4n) is 2.83. The highest BCUT2D eigenvalue weighted by Crippen LogP contribution is 2.23. The van der Waals surface area contributed by atoms with Gasteiger partial charge in [-0.15, -0.1) is 0 Å². The fraction of sp³-hybridized carbons (Fsp3) is 0.500. The molecule has 22 heavy (non-hydrogen) atoms. The van der Waals surface area contributed by atoms with Crippen LogP contribution >= 0.6 is 0 Å². The molecule has 0 saturated carbocycles. The van der Waals surface area contributed by atoms with Crippen molar-refractivity contribution in [3.8, 4) is 0 Å². The minimum atomic E-state index is 0.671. The van der Waals surface area contributed by atoms with Gasteiger partial charge >= 0.3 is 0 Å². The number of nitrogens with zero attached hydrogens (tertiary/aromatic N) is 6. The summed E-state index contributed by atoms with van der Waals surface area (Å²) in [7, 11) is 4.01. The Morgan fingerprint density at radius 1 is 1.09 bits per heavy atom. The molecule has 0 unspecified atom stereocenters. The molecule has 6 heteroatoms. The molecule has 3 heterocycles. The molecular weight excluding hydrogens is 276 g/mol. The number of aromatic nitrogens is 4. The number of hydrogen-bond donors (Lipinski definition) is 0. The van der Waals surface area contributed by atoms with E-state index in [1.165, 1.54) is 0 Å². The number of rotatable bonds is 4. The van der Waals surface area contributed by atoms with Crippen LogP contribution in [0.4, 0.5) is 11.8 Å². The van der Waals surface area contributed by atoms with Gasteiger partial charge < -0.3 is 9.80 Å². The van der Waals surface area contributed by atoms with Crippen LogP contribution in [0, 0.1) is 5.92 Å². The highest BCUT2D eigenvalue weighted by atomic mass is 15.2. The zero-order chi connectivity index (χ0) is 15.4. The third-order valence-electron chi connectivity index (χ3n) is 4.11. The van der Waals surface area contributed by atoms with E-state index in [-0.39, 0.29) is 0 Å². The molecule has 1 saturated heterocycles. The maximum Gasteiger partial charge on any atom is 0.225 e. The first kappa shape index (κ1) is 14.7. The summed E-state index contributed by atoms with van der Waals surface area (Å²) in [5.74, 6) is 2.49. The summed E-state index contributed by atoms with van der Waals surface area (Å²) in [5, 5.41) is 0. The van der Waals surface area contributed by atoms with Gasteiger partial charge in [-0.3, -0.25) is 0 Å². The van der Waals surface area contributed by atoms with Gasteiger partial charge in [-0.1, -0.05) is 0 Å². The summed E-state index contributed by atoms with van der Waals surface area (Å²) in [6.07, 6.45) is 8.60. The van der Waals surface area contributed by atoms with E-state index >= 15 is 0 Å². The Labute approximate surface area is 131 Å². The SMILES string of the molecule is CN(C)c1cc(CC2CCN(c3ncccn3)CC2)ncn1. The quantitative estimate of drug-likeness (QED) is 0.858. The minimum absolute atomic E-state index is 0.671. The zero-order valence-electron chi connectivity index (χ0n) is 13.2. The van der Waals surface area contributed by atoms with Gasteiger partial charge in [0.25, 0.3) is 0 Å². The van der Waals surface area contributed by atoms with E-state index in [1.807, 2.05) is 25.1 Å². The van der Waals surface area contributed by atoms with Crippen LogP contribution in [0.1, 0.15) is 18.5 Å². The van der Waals surface area contributed by atoms with E-state index in [9.17, 15) is 0 Å². The molecule has 0 spiro atoms. The van der Waals surface area contributed by atoms with Gasteiger partial charge in [-0.2, -0.15) is 0 Å². The lowest BCUT2D eigenvalue weighted by Gasteiger charge is -2.31. The lowest BCUT2D eigenvalue weighted by molar-refractivity contribution is 0.397. The molecule has 116 valence electrons. The number of hydrogen-bond acceptors (Lipinski definition) is 6. The highest BCUT2D eigenvalue weighted by molar-refractivity contribution is 5.36. The van der Waals surface area contributed by atoms with Crippen molar-refractivity contribution in [3.05, 3.63) is 36.5 Å². The third kappa shape index (κ3) is 3.50. The molecular formula is C16H22N6. The standard InChI is InChI=1S/C16H22N6/c1-21(2)15-11-14(19-12-20-15)10-13-4-8-22(9-5-13)16-17-6-3-7-18-16/h3,6-7,11-13H,4-5,8-10H2,1-2H3. The Hall–Kier alpha value is -2.24. The minimum Gasteiger partial charge on any atom is -0.363 e. The van der Waals surface area contributed by atoms with Gasteiger partial charge in [-0.05, 0) is 31.2 Å². The van der Waals surface area contributed by atoms with E-state index in [0.717, 1.165) is 49.8 Å². The average molecular weight is 298 g/mol. The van der Waals surface area contributed by atoms with Crippen molar-refractivity contribution in [2.24, 2.45) is 5.92 Å². The first-order valence-electron chi connectivity index (χ1n) is 7.72. The maximum atomic E-state index is 4.42. The molecule has 0 bridgehead atoms. The lowest BCUT2D eigenvalue weighted by atomic mass is 9.92. The summed E-state index contributed by atoms with van der Waals surface area (Å²) in [5.41, 5.74) is 1.13. The van der Waals surface area contributed by atoms with Gasteiger partial charge in [0.1, 0.15) is 12.1 Å². The molecule has 0 N–H and O–H groups in total. The molecule has 0 amide bonds. The van der Waals surface area contributed by atoms with Crippen molar-refractivity contribution >= 4 is 11.8 Å². The topological polar surface area (TPSA) is 58.0 Å². The Balaban J connectivity index is 1.57. The highest BCUT2D eigenvalue weighted by Gasteiger charge is 2.21. The number of piperidine rings is 1. The molecule has 2 aromatic rings. The van der Waals surface area contributed by atoms with Gasteiger partial charge in [-0.25, -0.2) is 19.9 Å². The molecule has 1 fully saturated rings. The second-order valence-corrected chi connectivity index (χ2v) is 5.95. The smallest absolute Gasteiger partial charge is 0.225 e. The van der Waals surface area contributed by atoms with E-state index in [4.69, 9.17) is 0 Å². The van der Waals surface area contributed by atoms with Crippen LogP contribution in [0.3, 0.4) is 0 Å². The van der Waals surface area contributed by atoms with Crippen molar-refractivity contribution in [1.82, 2.24) is 19.9 Å². The molecule has 0 atom stereocenters. The van der Waals surface area contributed by atoms with Gasteiger partial charge in [0, 0.05) is 51.3 Å². The largest absolute Gasteiger partial charge is 0.363 e. The van der Waals surface area contributed by atoms with Crippen molar-refractivity contribution in [1.29, 1.82) is 0 Å². The zero-order valence-corrected chi connectivity index (χ0v) is 13.2. The predicted octanol–water partition coefficient (Wildman–Crippen LogP) is 1.79. The molecule has 1 aliphatic rings. The monoisotopic (exact) mass is 298 g/mol. The predicted molar refractivity (Wildman–Crippen MR) is 87.0 cm³/mol. The molecule has 0 aromatic carbocycles. The second-order valence-electron chi connectivity index (χ2n) is 5.95. The molecule has 6 nitrogen and oxygen atoms in total. The van der Waals surface area contributed by atoms with Crippen LogP contribution in [-0.4, -0.2) is 47.1 Å².